The van der Waals surface area contributed by atoms with E-state index in [1.807, 2.05) is 5.43 Å². The third kappa shape index (κ3) is 1.35. The van der Waals surface area contributed by atoms with E-state index in [1.54, 1.807) is 14.0 Å². The molecule has 1 rings (SSSR count). The summed E-state index contributed by atoms with van der Waals surface area (Å²) in [6.07, 6.45) is 0. The van der Waals surface area contributed by atoms with Gasteiger partial charge >= 0.3 is 5.91 Å². The Morgan fingerprint density at radius 2 is 2.36 bits per heavy atom. The second-order valence-corrected chi connectivity index (χ2v) is 2.08. The number of nitrogens with one attached hydrogen (secondary N) is 1. The topological polar surface area (TPSA) is 85.8 Å². The van der Waals surface area contributed by atoms with Gasteiger partial charge in [-0.1, -0.05) is 0 Å². The van der Waals surface area contributed by atoms with E-state index in [0.717, 1.165) is 0 Å². The van der Waals surface area contributed by atoms with Gasteiger partial charge in [0.05, 0.1) is 0 Å². The van der Waals surface area contributed by atoms with Gasteiger partial charge in [0.2, 0.25) is 5.82 Å². The van der Waals surface area contributed by atoms with E-state index in [-0.39, 0.29) is 5.82 Å². The molecule has 3 N–H and O–H groups in total. The highest BCUT2D eigenvalue weighted by molar-refractivity contribution is 5.89. The van der Waals surface area contributed by atoms with Gasteiger partial charge < -0.3 is 0 Å². The number of hydrazine groups is 1. The lowest BCUT2D eigenvalue weighted by atomic mass is 10.6. The molecule has 6 heteroatoms. The quantitative estimate of drug-likeness (QED) is 0.300. The van der Waals surface area contributed by atoms with Crippen LogP contribution in [0.1, 0.15) is 16.4 Å². The molecule has 1 aromatic rings. The molecule has 0 bridgehead atoms. The molecule has 0 saturated carbocycles. The highest BCUT2D eigenvalue weighted by Crippen LogP contribution is 1.92. The molecule has 6 nitrogen and oxygen atoms in total. The number of aryl methyl sites for hydroxylation is 2. The third-order valence-corrected chi connectivity index (χ3v) is 1.31. The molecule has 0 aliphatic heterocycles. The fraction of sp³-hybridized carbons (Fsp3) is 0.400. The molecule has 0 saturated heterocycles. The van der Waals surface area contributed by atoms with Crippen molar-refractivity contribution in [2.75, 3.05) is 0 Å². The molecule has 0 unspecified atom stereocenters. The number of hydrogen-bond donors (Lipinski definition) is 2. The summed E-state index contributed by atoms with van der Waals surface area (Å²) in [5, 5.41) is 3.79. The zero-order chi connectivity index (χ0) is 8.43. The lowest BCUT2D eigenvalue weighted by Gasteiger charge is -1.89. The SMILES string of the molecule is Cc1nc(C(=O)NN)nn1C. The van der Waals surface area contributed by atoms with Crippen molar-refractivity contribution >= 4 is 5.91 Å². The van der Waals surface area contributed by atoms with Crippen molar-refractivity contribution in [1.82, 2.24) is 20.2 Å². The van der Waals surface area contributed by atoms with Gasteiger partial charge in [0.15, 0.2) is 0 Å². The molecular formula is C5H9N5O. The summed E-state index contributed by atoms with van der Waals surface area (Å²) in [6, 6.07) is 0. The number of carbonyl (C=O) groups excluding carboxylic acids is 1. The number of amides is 1. The lowest BCUT2D eigenvalue weighted by Crippen LogP contribution is -2.31. The molecule has 1 aromatic heterocycles. The number of nitrogens with zero attached hydrogens (tertiary/aromatic N) is 3. The van der Waals surface area contributed by atoms with Crippen LogP contribution in [-0.2, 0) is 7.05 Å². The van der Waals surface area contributed by atoms with Crippen molar-refractivity contribution in [2.45, 2.75) is 6.92 Å². The van der Waals surface area contributed by atoms with E-state index in [0.29, 0.717) is 5.82 Å². The van der Waals surface area contributed by atoms with Crippen molar-refractivity contribution < 1.29 is 4.79 Å². The fourth-order valence-electron chi connectivity index (χ4n) is 0.623. The van der Waals surface area contributed by atoms with Crippen LogP contribution < -0.4 is 11.3 Å². The number of hydrogen-bond acceptors (Lipinski definition) is 4. The van der Waals surface area contributed by atoms with Crippen LogP contribution in [0.15, 0.2) is 0 Å². The molecule has 1 heterocycles. The number of nitrogens with two attached hydrogens (primary N) is 1. The Morgan fingerprint density at radius 3 is 2.73 bits per heavy atom. The first-order valence-electron chi connectivity index (χ1n) is 3.03. The van der Waals surface area contributed by atoms with Crippen LogP contribution in [0.4, 0.5) is 0 Å². The summed E-state index contributed by atoms with van der Waals surface area (Å²) in [7, 11) is 1.70. The number of rotatable bonds is 1. The third-order valence-electron chi connectivity index (χ3n) is 1.31. The maximum absolute atomic E-state index is 10.8. The van der Waals surface area contributed by atoms with Crippen LogP contribution in [0.25, 0.3) is 0 Å². The Hall–Kier alpha value is -1.43. The summed E-state index contributed by atoms with van der Waals surface area (Å²) < 4.78 is 1.50. The zero-order valence-electron chi connectivity index (χ0n) is 6.33. The number of nitrogen functional groups attached to an aromatic ring is 1. The van der Waals surface area contributed by atoms with Gasteiger partial charge in [0.25, 0.3) is 0 Å². The summed E-state index contributed by atoms with van der Waals surface area (Å²) in [5.74, 6) is 5.16. The smallest absolute Gasteiger partial charge is 0.287 e. The molecule has 0 radical (unpaired) electrons. The first-order valence-corrected chi connectivity index (χ1v) is 3.03. The van der Waals surface area contributed by atoms with E-state index in [4.69, 9.17) is 5.84 Å². The van der Waals surface area contributed by atoms with E-state index in [9.17, 15) is 4.79 Å². The van der Waals surface area contributed by atoms with Crippen LogP contribution in [0.3, 0.4) is 0 Å². The standard InChI is InChI=1S/C5H9N5O/c1-3-7-4(5(11)8-6)9-10(3)2/h6H2,1-2H3,(H,8,11). The van der Waals surface area contributed by atoms with Gasteiger partial charge in [-0.3, -0.25) is 14.9 Å². The zero-order valence-corrected chi connectivity index (χ0v) is 6.33. The Kier molecular flexibility index (Phi) is 1.86. The summed E-state index contributed by atoms with van der Waals surface area (Å²) in [6.45, 7) is 1.75. The number of carbonyl (C=O) groups is 1. The normalized spacial score (nSPS) is 9.73. The Labute approximate surface area is 63.4 Å². The summed E-state index contributed by atoms with van der Waals surface area (Å²) >= 11 is 0. The van der Waals surface area contributed by atoms with Gasteiger partial charge in [0.1, 0.15) is 5.82 Å². The van der Waals surface area contributed by atoms with Crippen molar-refractivity contribution in [1.29, 1.82) is 0 Å². The van der Waals surface area contributed by atoms with Crippen molar-refractivity contribution in [2.24, 2.45) is 12.9 Å². The molecule has 0 aromatic carbocycles. The molecule has 11 heavy (non-hydrogen) atoms. The lowest BCUT2D eigenvalue weighted by molar-refractivity contribution is 0.0943. The molecule has 0 fully saturated rings. The second kappa shape index (κ2) is 2.67. The van der Waals surface area contributed by atoms with Crippen LogP contribution >= 0.6 is 0 Å². The summed E-state index contributed by atoms with van der Waals surface area (Å²) in [4.78, 5) is 14.6. The Balaban J connectivity index is 2.97. The first-order chi connectivity index (χ1) is 5.15. The van der Waals surface area contributed by atoms with Crippen molar-refractivity contribution in [3.05, 3.63) is 11.6 Å². The fourth-order valence-corrected chi connectivity index (χ4v) is 0.623. The average Bonchev–Trinajstić information content (AvgIpc) is 2.31. The molecule has 60 valence electrons. The minimum Gasteiger partial charge on any atom is -0.287 e. The highest BCUT2D eigenvalue weighted by Gasteiger charge is 2.09. The predicted molar refractivity (Wildman–Crippen MR) is 37.4 cm³/mol. The average molecular weight is 155 g/mol. The van der Waals surface area contributed by atoms with Gasteiger partial charge in [-0.05, 0) is 6.92 Å². The highest BCUT2D eigenvalue weighted by atomic mass is 16.2. The minimum absolute atomic E-state index is 0.0903. The number of aromatic nitrogens is 3. The van der Waals surface area contributed by atoms with Crippen LogP contribution in [0.2, 0.25) is 0 Å². The van der Waals surface area contributed by atoms with Crippen molar-refractivity contribution in [3.63, 3.8) is 0 Å². The molecule has 0 aliphatic carbocycles. The van der Waals surface area contributed by atoms with Gasteiger partial charge in [0, 0.05) is 7.05 Å². The Bertz CT molecular complexity index is 259. The summed E-state index contributed by atoms with van der Waals surface area (Å²) in [5.41, 5.74) is 1.94. The second-order valence-electron chi connectivity index (χ2n) is 2.08. The molecule has 0 aliphatic rings. The van der Waals surface area contributed by atoms with Gasteiger partial charge in [-0.2, -0.15) is 0 Å². The van der Waals surface area contributed by atoms with Gasteiger partial charge in [-0.15, -0.1) is 5.10 Å². The predicted octanol–water partition coefficient (Wildman–Crippen LogP) is -1.27. The molecular weight excluding hydrogens is 146 g/mol. The van der Waals surface area contributed by atoms with Crippen LogP contribution in [-0.4, -0.2) is 20.7 Å². The van der Waals surface area contributed by atoms with E-state index >= 15 is 0 Å². The molecule has 1 amide bonds. The van der Waals surface area contributed by atoms with E-state index in [1.165, 1.54) is 4.68 Å². The monoisotopic (exact) mass is 155 g/mol. The minimum atomic E-state index is -0.478. The maximum atomic E-state index is 10.8. The largest absolute Gasteiger partial charge is 0.304 e. The molecule has 0 atom stereocenters. The van der Waals surface area contributed by atoms with Crippen molar-refractivity contribution in [3.8, 4) is 0 Å². The van der Waals surface area contributed by atoms with Crippen LogP contribution in [0, 0.1) is 6.92 Å². The Morgan fingerprint density at radius 1 is 1.73 bits per heavy atom. The van der Waals surface area contributed by atoms with E-state index < -0.39 is 5.91 Å². The maximum Gasteiger partial charge on any atom is 0.304 e. The first kappa shape index (κ1) is 7.67. The van der Waals surface area contributed by atoms with Gasteiger partial charge in [-0.25, -0.2) is 10.8 Å². The van der Waals surface area contributed by atoms with E-state index in [2.05, 4.69) is 10.1 Å². The van der Waals surface area contributed by atoms with Crippen LogP contribution in [0.5, 0.6) is 0 Å². The molecule has 0 spiro atoms.